The van der Waals surface area contributed by atoms with Gasteiger partial charge < -0.3 is 14.9 Å². The van der Waals surface area contributed by atoms with E-state index in [9.17, 15) is 24.2 Å². The van der Waals surface area contributed by atoms with Crippen LogP contribution in [0.25, 0.3) is 11.8 Å². The predicted octanol–water partition coefficient (Wildman–Crippen LogP) is 4.13. The van der Waals surface area contributed by atoms with Gasteiger partial charge >= 0.3 is 0 Å². The summed E-state index contributed by atoms with van der Waals surface area (Å²) >= 11 is 0. The molecule has 2 heterocycles. The van der Waals surface area contributed by atoms with Gasteiger partial charge in [0.15, 0.2) is 11.6 Å². The summed E-state index contributed by atoms with van der Waals surface area (Å²) in [5.74, 6) is -1.71. The number of nitrogens with zero attached hydrogens (tertiary/aromatic N) is 2. The largest absolute Gasteiger partial charge is 0.507 e. The summed E-state index contributed by atoms with van der Waals surface area (Å²) in [6.07, 6.45) is 1.63. The van der Waals surface area contributed by atoms with Gasteiger partial charge in [-0.1, -0.05) is 0 Å². The van der Waals surface area contributed by atoms with Crippen LogP contribution in [0.3, 0.4) is 0 Å². The maximum absolute atomic E-state index is 13.8. The number of phenolic OH excluding ortho intramolecular Hbond substituents is 2. The van der Waals surface area contributed by atoms with Crippen LogP contribution in [0.5, 0.6) is 17.2 Å². The van der Waals surface area contributed by atoms with E-state index in [1.165, 1.54) is 30.7 Å². The minimum Gasteiger partial charge on any atom is -0.507 e. The van der Waals surface area contributed by atoms with E-state index in [4.69, 9.17) is 4.74 Å². The number of carbonyl (C=O) groups is 2. The van der Waals surface area contributed by atoms with Gasteiger partial charge in [-0.15, -0.1) is 0 Å². The Labute approximate surface area is 182 Å². The lowest BCUT2D eigenvalue weighted by molar-refractivity contribution is 0.0905. The van der Waals surface area contributed by atoms with Crippen LogP contribution in [0, 0.1) is 19.7 Å². The summed E-state index contributed by atoms with van der Waals surface area (Å²) < 4.78 is 20.9. The van der Waals surface area contributed by atoms with Crippen LogP contribution < -0.4 is 4.74 Å². The first-order valence-corrected chi connectivity index (χ1v) is 9.97. The number of aryl methyl sites for hydroxylation is 1. The third-order valence-corrected chi connectivity index (χ3v) is 6.31. The molecule has 0 saturated heterocycles. The van der Waals surface area contributed by atoms with Crippen molar-refractivity contribution in [2.75, 3.05) is 0 Å². The summed E-state index contributed by atoms with van der Waals surface area (Å²) in [6, 6.07) is 5.69. The molecule has 5 rings (SSSR count). The van der Waals surface area contributed by atoms with Crippen LogP contribution in [0.15, 0.2) is 30.0 Å². The number of ketones is 2. The first-order valence-electron chi connectivity index (χ1n) is 9.97. The number of halogens is 1. The number of benzene rings is 2. The van der Waals surface area contributed by atoms with Gasteiger partial charge in [0.05, 0.1) is 28.2 Å². The molecule has 3 aromatic rings. The molecule has 0 fully saturated rings. The smallest absolute Gasteiger partial charge is 0.185 e. The fourth-order valence-corrected chi connectivity index (χ4v) is 4.57. The van der Waals surface area contributed by atoms with Crippen molar-refractivity contribution in [3.05, 3.63) is 69.5 Å². The lowest BCUT2D eigenvalue weighted by Crippen LogP contribution is -2.36. The van der Waals surface area contributed by atoms with E-state index in [0.29, 0.717) is 22.6 Å². The summed E-state index contributed by atoms with van der Waals surface area (Å²) in [4.78, 5) is 26.1. The third-order valence-electron chi connectivity index (χ3n) is 6.31. The molecular weight excluding hydrogens is 415 g/mol. The zero-order valence-corrected chi connectivity index (χ0v) is 17.8. The number of hydrogen-bond donors (Lipinski definition) is 2. The van der Waals surface area contributed by atoms with E-state index in [1.807, 2.05) is 0 Å². The molecule has 162 valence electrons. The first-order chi connectivity index (χ1) is 15.1. The highest BCUT2D eigenvalue weighted by molar-refractivity contribution is 6.14. The maximum Gasteiger partial charge on any atom is 0.185 e. The van der Waals surface area contributed by atoms with Gasteiger partial charge in [-0.25, -0.2) is 9.07 Å². The van der Waals surface area contributed by atoms with E-state index < -0.39 is 17.0 Å². The molecule has 0 bridgehead atoms. The molecular formula is C24H19FN2O5. The fourth-order valence-electron chi connectivity index (χ4n) is 4.57. The second-order valence-corrected chi connectivity index (χ2v) is 8.26. The number of Topliss-reactive ketones (excluding diaryl/α,β-unsaturated/α-hetero) is 2. The minimum absolute atomic E-state index is 0.0238. The molecule has 7 nitrogen and oxygen atoms in total. The van der Waals surface area contributed by atoms with Crippen molar-refractivity contribution < 1.29 is 28.9 Å². The van der Waals surface area contributed by atoms with Gasteiger partial charge in [-0.2, -0.15) is 5.10 Å². The Hall–Kier alpha value is -3.94. The van der Waals surface area contributed by atoms with Crippen LogP contribution in [0.2, 0.25) is 0 Å². The monoisotopic (exact) mass is 434 g/mol. The van der Waals surface area contributed by atoms with Crippen molar-refractivity contribution in [2.45, 2.75) is 33.1 Å². The van der Waals surface area contributed by atoms with Crippen molar-refractivity contribution >= 4 is 17.6 Å². The van der Waals surface area contributed by atoms with E-state index >= 15 is 0 Å². The van der Waals surface area contributed by atoms with Crippen LogP contribution in [-0.2, 0) is 5.41 Å². The highest BCUT2D eigenvalue weighted by Crippen LogP contribution is 2.58. The van der Waals surface area contributed by atoms with Crippen molar-refractivity contribution in [3.63, 3.8) is 0 Å². The van der Waals surface area contributed by atoms with Crippen LogP contribution >= 0.6 is 0 Å². The highest BCUT2D eigenvalue weighted by Gasteiger charge is 2.55. The number of carbonyl (C=O) groups excluding carboxylic acids is 2. The lowest BCUT2D eigenvalue weighted by atomic mass is 9.71. The quantitative estimate of drug-likeness (QED) is 0.588. The van der Waals surface area contributed by atoms with E-state index in [1.54, 1.807) is 32.1 Å². The second kappa shape index (κ2) is 6.29. The molecule has 0 saturated carbocycles. The number of rotatable bonds is 2. The topological polar surface area (TPSA) is 102 Å². The average molecular weight is 434 g/mol. The van der Waals surface area contributed by atoms with Crippen LogP contribution in [0.4, 0.5) is 4.39 Å². The molecule has 1 aliphatic carbocycles. The lowest BCUT2D eigenvalue weighted by Gasteiger charge is -2.27. The first kappa shape index (κ1) is 20.0. The van der Waals surface area contributed by atoms with Crippen molar-refractivity contribution in [2.24, 2.45) is 0 Å². The molecule has 2 N–H and O–H groups in total. The molecule has 1 unspecified atom stereocenters. The molecule has 32 heavy (non-hydrogen) atoms. The number of aromatic hydroxyl groups is 2. The SMILES string of the molecule is CC(=O)c1c(O)c(C)c(O)c2c1OC1=Cc3c(c(C)nn3-c3ccc(F)cc3)C(=O)C12C. The fraction of sp³-hybridized carbons (Fsp3) is 0.208. The second-order valence-electron chi connectivity index (χ2n) is 8.26. The minimum atomic E-state index is -1.41. The van der Waals surface area contributed by atoms with Gasteiger partial charge in [0.2, 0.25) is 0 Å². The van der Waals surface area contributed by atoms with Crippen LogP contribution in [-0.4, -0.2) is 31.6 Å². The average Bonchev–Trinajstić information content (AvgIpc) is 3.22. The molecule has 1 aliphatic heterocycles. The Morgan fingerprint density at radius 1 is 1.16 bits per heavy atom. The standard InChI is InChI=1S/C24H19FN2O5/c1-10-20(29)18(12(3)28)22-19(21(10)30)24(4)16(32-22)9-15-17(23(24)31)11(2)26-27(15)14-7-5-13(25)6-8-14/h5-9,29-30H,1-4H3. The molecule has 0 radical (unpaired) electrons. The van der Waals surface area contributed by atoms with Crippen molar-refractivity contribution in [1.82, 2.24) is 9.78 Å². The van der Waals surface area contributed by atoms with E-state index in [0.717, 1.165) is 0 Å². The maximum atomic E-state index is 13.8. The summed E-state index contributed by atoms with van der Waals surface area (Å²) in [5.41, 5.74) is 0.556. The number of aromatic nitrogens is 2. The van der Waals surface area contributed by atoms with Gasteiger partial charge in [0.1, 0.15) is 39.8 Å². The number of phenols is 2. The van der Waals surface area contributed by atoms with E-state index in [-0.39, 0.29) is 45.5 Å². The predicted molar refractivity (Wildman–Crippen MR) is 113 cm³/mol. The molecule has 2 aliphatic rings. The molecule has 2 aromatic carbocycles. The Balaban J connectivity index is 1.80. The van der Waals surface area contributed by atoms with Crippen LogP contribution in [0.1, 0.15) is 57.1 Å². The zero-order valence-electron chi connectivity index (χ0n) is 17.8. The Morgan fingerprint density at radius 3 is 2.44 bits per heavy atom. The van der Waals surface area contributed by atoms with E-state index in [2.05, 4.69) is 5.10 Å². The van der Waals surface area contributed by atoms with Gasteiger partial charge in [-0.05, 0) is 52.0 Å². The highest BCUT2D eigenvalue weighted by atomic mass is 19.1. The molecule has 1 atom stereocenters. The molecule has 0 spiro atoms. The number of fused-ring (bicyclic) bond motifs is 4. The normalized spacial score (nSPS) is 18.5. The summed E-state index contributed by atoms with van der Waals surface area (Å²) in [7, 11) is 0. The summed E-state index contributed by atoms with van der Waals surface area (Å²) in [6.45, 7) is 6.06. The van der Waals surface area contributed by atoms with Crippen molar-refractivity contribution in [3.8, 4) is 22.9 Å². The number of ether oxygens (including phenoxy) is 1. The number of allylic oxidation sites excluding steroid dienone is 1. The molecule has 8 heteroatoms. The zero-order chi connectivity index (χ0) is 23.1. The third kappa shape index (κ3) is 2.32. The Bertz CT molecular complexity index is 1400. The molecule has 1 aromatic heterocycles. The van der Waals surface area contributed by atoms with Gasteiger partial charge in [0, 0.05) is 11.6 Å². The van der Waals surface area contributed by atoms with Crippen molar-refractivity contribution in [1.29, 1.82) is 0 Å². The Kier molecular flexibility index (Phi) is 3.93. The molecule has 0 amide bonds. The Morgan fingerprint density at radius 2 is 1.81 bits per heavy atom. The number of hydrogen-bond acceptors (Lipinski definition) is 6. The summed E-state index contributed by atoms with van der Waals surface area (Å²) in [5, 5.41) is 25.8. The van der Waals surface area contributed by atoms with Gasteiger partial charge in [-0.3, -0.25) is 9.59 Å². The van der Waals surface area contributed by atoms with Gasteiger partial charge in [0.25, 0.3) is 0 Å².